The largest absolute Gasteiger partial charge is 0.507 e. The molecular weight excluding hydrogens is 324 g/mol. The molecule has 7 nitrogen and oxygen atoms in total. The van der Waals surface area contributed by atoms with Gasteiger partial charge in [-0.25, -0.2) is 4.79 Å². The minimum Gasteiger partial charge on any atom is -0.507 e. The molecule has 0 atom stereocenters. The van der Waals surface area contributed by atoms with Crippen LogP contribution >= 0.6 is 0 Å². The molecule has 1 aromatic carbocycles. The highest BCUT2D eigenvalue weighted by Crippen LogP contribution is 2.39. The van der Waals surface area contributed by atoms with E-state index in [4.69, 9.17) is 13.9 Å². The number of hydrogen-bond donors (Lipinski definition) is 2. The number of ether oxygens (including phenoxy) is 2. The van der Waals surface area contributed by atoms with E-state index in [1.165, 1.54) is 13.2 Å². The second-order valence-corrected chi connectivity index (χ2v) is 5.34. The molecule has 2 aromatic heterocycles. The molecule has 0 aliphatic rings. The number of aryl methyl sites for hydroxylation is 1. The number of aromatic hydroxyl groups is 1. The van der Waals surface area contributed by atoms with Crippen LogP contribution in [0.25, 0.3) is 22.6 Å². The summed E-state index contributed by atoms with van der Waals surface area (Å²) in [5, 5.41) is 17.4. The molecule has 0 amide bonds. The van der Waals surface area contributed by atoms with Crippen LogP contribution in [0.1, 0.15) is 23.2 Å². The van der Waals surface area contributed by atoms with E-state index in [2.05, 4.69) is 10.2 Å². The number of aromatic nitrogens is 2. The number of aromatic amines is 1. The van der Waals surface area contributed by atoms with E-state index in [9.17, 15) is 9.90 Å². The monoisotopic (exact) mass is 342 g/mol. The van der Waals surface area contributed by atoms with Crippen LogP contribution in [0.3, 0.4) is 0 Å². The molecule has 25 heavy (non-hydrogen) atoms. The standard InChI is InChI=1S/C18H18N2O5/c1-4-24-18(22)15-8-7-14(25-15)16-10(2)19-20-17(16)12-6-5-11(23-3)9-13(12)21/h5-9,21H,4H2,1-3H3,(H,19,20). The first kappa shape index (κ1) is 16.6. The molecule has 0 fully saturated rings. The highest BCUT2D eigenvalue weighted by atomic mass is 16.5. The van der Waals surface area contributed by atoms with Crippen molar-refractivity contribution in [2.75, 3.05) is 13.7 Å². The summed E-state index contributed by atoms with van der Waals surface area (Å²) < 4.78 is 15.7. The van der Waals surface area contributed by atoms with Gasteiger partial charge >= 0.3 is 5.97 Å². The number of esters is 1. The molecule has 2 heterocycles. The SMILES string of the molecule is CCOC(=O)c1ccc(-c2c(-c3ccc(OC)cc3O)n[nH]c2C)o1. The van der Waals surface area contributed by atoms with E-state index in [1.807, 2.05) is 6.92 Å². The number of carbonyl (C=O) groups is 1. The van der Waals surface area contributed by atoms with Gasteiger partial charge in [-0.3, -0.25) is 5.10 Å². The average molecular weight is 342 g/mol. The Hall–Kier alpha value is -3.22. The molecule has 0 aliphatic carbocycles. The van der Waals surface area contributed by atoms with E-state index in [-0.39, 0.29) is 18.1 Å². The molecule has 0 spiro atoms. The van der Waals surface area contributed by atoms with Crippen LogP contribution < -0.4 is 4.74 Å². The summed E-state index contributed by atoms with van der Waals surface area (Å²) in [5.41, 5.74) is 2.45. The molecule has 2 N–H and O–H groups in total. The van der Waals surface area contributed by atoms with Gasteiger partial charge in [0.2, 0.25) is 5.76 Å². The topological polar surface area (TPSA) is 97.6 Å². The van der Waals surface area contributed by atoms with Crippen LogP contribution in [0.2, 0.25) is 0 Å². The third-order valence-corrected chi connectivity index (χ3v) is 3.74. The lowest BCUT2D eigenvalue weighted by Crippen LogP contribution is -2.02. The van der Waals surface area contributed by atoms with Gasteiger partial charge in [0.05, 0.1) is 19.3 Å². The quantitative estimate of drug-likeness (QED) is 0.688. The molecule has 0 radical (unpaired) electrons. The Kier molecular flexibility index (Phi) is 4.47. The predicted octanol–water partition coefficient (Wildman–Crippen LogP) is 3.54. The zero-order valence-corrected chi connectivity index (χ0v) is 14.1. The predicted molar refractivity (Wildman–Crippen MR) is 90.6 cm³/mol. The van der Waals surface area contributed by atoms with Crippen molar-refractivity contribution >= 4 is 5.97 Å². The van der Waals surface area contributed by atoms with Crippen molar-refractivity contribution < 1.29 is 23.8 Å². The van der Waals surface area contributed by atoms with Crippen LogP contribution in [-0.4, -0.2) is 35.0 Å². The summed E-state index contributed by atoms with van der Waals surface area (Å²) in [6.45, 7) is 3.83. The third-order valence-electron chi connectivity index (χ3n) is 3.74. The van der Waals surface area contributed by atoms with Crippen molar-refractivity contribution in [3.8, 4) is 34.1 Å². The number of H-pyrrole nitrogens is 1. The average Bonchev–Trinajstić information content (AvgIpc) is 3.21. The first-order valence-electron chi connectivity index (χ1n) is 7.74. The number of benzene rings is 1. The lowest BCUT2D eigenvalue weighted by atomic mass is 10.0. The summed E-state index contributed by atoms with van der Waals surface area (Å²) in [6.07, 6.45) is 0. The highest BCUT2D eigenvalue weighted by molar-refractivity contribution is 5.88. The number of nitrogens with one attached hydrogen (secondary N) is 1. The number of furan rings is 1. The number of rotatable bonds is 5. The van der Waals surface area contributed by atoms with Gasteiger partial charge in [-0.2, -0.15) is 5.10 Å². The summed E-state index contributed by atoms with van der Waals surface area (Å²) in [4.78, 5) is 11.8. The molecule has 0 aliphatic heterocycles. The Labute approximate surface area is 144 Å². The Morgan fingerprint density at radius 1 is 1.32 bits per heavy atom. The van der Waals surface area contributed by atoms with E-state index in [1.54, 1.807) is 31.2 Å². The number of nitrogens with zero attached hydrogens (tertiary/aromatic N) is 1. The first-order chi connectivity index (χ1) is 12.0. The molecular formula is C18H18N2O5. The summed E-state index contributed by atoms with van der Waals surface area (Å²) in [5.74, 6) is 0.618. The number of carbonyl (C=O) groups excluding carboxylic acids is 1. The maximum absolute atomic E-state index is 11.8. The fourth-order valence-electron chi connectivity index (χ4n) is 2.55. The molecule has 0 unspecified atom stereocenters. The Morgan fingerprint density at radius 3 is 2.80 bits per heavy atom. The molecule has 130 valence electrons. The fraction of sp³-hybridized carbons (Fsp3) is 0.222. The molecule has 3 aromatic rings. The van der Waals surface area contributed by atoms with Crippen molar-refractivity contribution in [1.29, 1.82) is 0 Å². The lowest BCUT2D eigenvalue weighted by Gasteiger charge is -2.06. The van der Waals surface area contributed by atoms with Gasteiger partial charge in [-0.15, -0.1) is 0 Å². The van der Waals surface area contributed by atoms with Crippen molar-refractivity contribution in [3.63, 3.8) is 0 Å². The van der Waals surface area contributed by atoms with Crippen LogP contribution in [0.5, 0.6) is 11.5 Å². The van der Waals surface area contributed by atoms with Crippen LogP contribution in [-0.2, 0) is 4.74 Å². The van der Waals surface area contributed by atoms with Crippen molar-refractivity contribution in [2.24, 2.45) is 0 Å². The van der Waals surface area contributed by atoms with Crippen LogP contribution in [0.15, 0.2) is 34.7 Å². The van der Waals surface area contributed by atoms with Gasteiger partial charge in [0.25, 0.3) is 0 Å². The van der Waals surface area contributed by atoms with Crippen LogP contribution in [0, 0.1) is 6.92 Å². The number of phenolic OH excluding ortho intramolecular Hbond substituents is 1. The Bertz CT molecular complexity index is 910. The normalized spacial score (nSPS) is 10.7. The second-order valence-electron chi connectivity index (χ2n) is 5.34. The maximum atomic E-state index is 11.8. The van der Waals surface area contributed by atoms with Gasteiger partial charge in [0, 0.05) is 17.3 Å². The van der Waals surface area contributed by atoms with Crippen molar-refractivity contribution in [3.05, 3.63) is 41.8 Å². The molecule has 0 saturated carbocycles. The van der Waals surface area contributed by atoms with Gasteiger partial charge in [0.1, 0.15) is 23.0 Å². The highest BCUT2D eigenvalue weighted by Gasteiger charge is 2.21. The number of phenols is 1. The smallest absolute Gasteiger partial charge is 0.374 e. The number of methoxy groups -OCH3 is 1. The lowest BCUT2D eigenvalue weighted by molar-refractivity contribution is 0.0491. The Morgan fingerprint density at radius 2 is 2.12 bits per heavy atom. The van der Waals surface area contributed by atoms with E-state index >= 15 is 0 Å². The van der Waals surface area contributed by atoms with Gasteiger partial charge in [0.15, 0.2) is 0 Å². The van der Waals surface area contributed by atoms with E-state index in [0.717, 1.165) is 5.69 Å². The Balaban J connectivity index is 2.05. The van der Waals surface area contributed by atoms with Crippen LogP contribution in [0.4, 0.5) is 0 Å². The second kappa shape index (κ2) is 6.72. The van der Waals surface area contributed by atoms with Crippen molar-refractivity contribution in [2.45, 2.75) is 13.8 Å². The van der Waals surface area contributed by atoms with Gasteiger partial charge in [-0.05, 0) is 38.1 Å². The van der Waals surface area contributed by atoms with E-state index in [0.29, 0.717) is 28.3 Å². The summed E-state index contributed by atoms with van der Waals surface area (Å²) >= 11 is 0. The third kappa shape index (κ3) is 3.08. The van der Waals surface area contributed by atoms with Gasteiger partial charge in [-0.1, -0.05) is 0 Å². The van der Waals surface area contributed by atoms with Crippen molar-refractivity contribution in [1.82, 2.24) is 10.2 Å². The minimum absolute atomic E-state index is 0.0317. The zero-order chi connectivity index (χ0) is 18.0. The first-order valence-corrected chi connectivity index (χ1v) is 7.74. The molecule has 3 rings (SSSR count). The summed E-state index contributed by atoms with van der Waals surface area (Å²) in [6, 6.07) is 8.18. The minimum atomic E-state index is -0.524. The zero-order valence-electron chi connectivity index (χ0n) is 14.1. The van der Waals surface area contributed by atoms with E-state index < -0.39 is 5.97 Å². The molecule has 0 bridgehead atoms. The summed E-state index contributed by atoms with van der Waals surface area (Å²) in [7, 11) is 1.53. The molecule has 0 saturated heterocycles. The fourth-order valence-corrected chi connectivity index (χ4v) is 2.55. The maximum Gasteiger partial charge on any atom is 0.374 e. The number of hydrogen-bond acceptors (Lipinski definition) is 6. The molecule has 7 heteroatoms. The van der Waals surface area contributed by atoms with Gasteiger partial charge < -0.3 is 19.0 Å².